The van der Waals surface area contributed by atoms with Gasteiger partial charge in [-0.25, -0.2) is 0 Å². The minimum absolute atomic E-state index is 0.142. The zero-order valence-corrected chi connectivity index (χ0v) is 10.3. The van der Waals surface area contributed by atoms with Gasteiger partial charge in [0, 0.05) is 29.8 Å². The molecule has 0 radical (unpaired) electrons. The van der Waals surface area contributed by atoms with Crippen LogP contribution in [0.15, 0.2) is 18.2 Å². The van der Waals surface area contributed by atoms with Gasteiger partial charge in [0.1, 0.15) is 5.75 Å². The topological polar surface area (TPSA) is 52.5 Å². The van der Waals surface area contributed by atoms with E-state index in [1.807, 2.05) is 13.8 Å². The van der Waals surface area contributed by atoms with E-state index in [9.17, 15) is 5.11 Å². The van der Waals surface area contributed by atoms with Crippen LogP contribution in [0.4, 0.5) is 0 Å². The smallest absolute Gasteiger partial charge is 0.121 e. The number of halogens is 1. The Morgan fingerprint density at radius 3 is 2.62 bits per heavy atom. The standard InChI is InChI=1S/C12H18ClNO2/c1-8(7-15)9(2)14-6-10-11(13)4-3-5-12(10)16/h3-5,8-9,14-16H,6-7H2,1-2H3. The van der Waals surface area contributed by atoms with Crippen LogP contribution in [0.3, 0.4) is 0 Å². The van der Waals surface area contributed by atoms with E-state index < -0.39 is 0 Å². The Labute approximate surface area is 101 Å². The molecule has 0 aliphatic carbocycles. The SMILES string of the molecule is CC(CO)C(C)NCc1c(O)cccc1Cl. The molecule has 0 spiro atoms. The molecule has 0 bridgehead atoms. The van der Waals surface area contributed by atoms with Crippen LogP contribution in [0, 0.1) is 5.92 Å². The predicted octanol–water partition coefficient (Wildman–Crippen LogP) is 2.15. The molecular weight excluding hydrogens is 226 g/mol. The van der Waals surface area contributed by atoms with Crippen LogP contribution in [-0.4, -0.2) is 22.9 Å². The summed E-state index contributed by atoms with van der Waals surface area (Å²) in [6, 6.07) is 5.24. The van der Waals surface area contributed by atoms with Gasteiger partial charge in [0.15, 0.2) is 0 Å². The third kappa shape index (κ3) is 3.37. The minimum Gasteiger partial charge on any atom is -0.508 e. The number of aliphatic hydroxyl groups is 1. The molecule has 1 aromatic rings. The Bertz CT molecular complexity index is 324. The molecule has 2 atom stereocenters. The molecule has 2 unspecified atom stereocenters. The van der Waals surface area contributed by atoms with Crippen molar-refractivity contribution in [2.24, 2.45) is 5.92 Å². The Hall–Kier alpha value is -0.770. The number of phenols is 1. The van der Waals surface area contributed by atoms with Gasteiger partial charge in [-0.05, 0) is 25.0 Å². The van der Waals surface area contributed by atoms with Crippen molar-refractivity contribution >= 4 is 11.6 Å². The summed E-state index contributed by atoms with van der Waals surface area (Å²) in [5.41, 5.74) is 0.696. The van der Waals surface area contributed by atoms with E-state index in [-0.39, 0.29) is 24.3 Å². The fourth-order valence-electron chi connectivity index (χ4n) is 1.34. The van der Waals surface area contributed by atoms with Gasteiger partial charge < -0.3 is 15.5 Å². The highest BCUT2D eigenvalue weighted by Crippen LogP contribution is 2.25. The summed E-state index contributed by atoms with van der Waals surface area (Å²) >= 11 is 5.98. The molecule has 90 valence electrons. The second-order valence-electron chi connectivity index (χ2n) is 4.07. The van der Waals surface area contributed by atoms with Crippen molar-refractivity contribution < 1.29 is 10.2 Å². The average Bonchev–Trinajstić information content (AvgIpc) is 2.27. The number of phenolic OH excluding ortho intramolecular Hbond substituents is 1. The summed E-state index contributed by atoms with van der Waals surface area (Å²) in [5, 5.41) is 22.4. The van der Waals surface area contributed by atoms with Crippen molar-refractivity contribution in [3.8, 4) is 5.75 Å². The number of nitrogens with one attached hydrogen (secondary N) is 1. The Balaban J connectivity index is 2.61. The number of rotatable bonds is 5. The minimum atomic E-state index is 0.142. The Kier molecular flexibility index (Phi) is 5.06. The largest absolute Gasteiger partial charge is 0.508 e. The molecule has 0 saturated carbocycles. The van der Waals surface area contributed by atoms with E-state index in [1.165, 1.54) is 0 Å². The molecule has 16 heavy (non-hydrogen) atoms. The van der Waals surface area contributed by atoms with Crippen molar-refractivity contribution in [1.82, 2.24) is 5.32 Å². The highest BCUT2D eigenvalue weighted by atomic mass is 35.5. The predicted molar refractivity (Wildman–Crippen MR) is 65.7 cm³/mol. The van der Waals surface area contributed by atoms with Crippen LogP contribution in [0.2, 0.25) is 5.02 Å². The van der Waals surface area contributed by atoms with Gasteiger partial charge in [0.2, 0.25) is 0 Å². The second kappa shape index (κ2) is 6.09. The maximum atomic E-state index is 9.63. The lowest BCUT2D eigenvalue weighted by Gasteiger charge is -2.20. The van der Waals surface area contributed by atoms with Gasteiger partial charge >= 0.3 is 0 Å². The first-order chi connectivity index (χ1) is 7.56. The van der Waals surface area contributed by atoms with Gasteiger partial charge in [-0.15, -0.1) is 0 Å². The van der Waals surface area contributed by atoms with Crippen LogP contribution in [0.25, 0.3) is 0 Å². The molecule has 1 rings (SSSR count). The monoisotopic (exact) mass is 243 g/mol. The fraction of sp³-hybridized carbons (Fsp3) is 0.500. The van der Waals surface area contributed by atoms with Crippen LogP contribution in [-0.2, 0) is 6.54 Å². The van der Waals surface area contributed by atoms with E-state index in [0.717, 1.165) is 0 Å². The third-order valence-electron chi connectivity index (χ3n) is 2.84. The molecule has 0 fully saturated rings. The Morgan fingerprint density at radius 1 is 1.38 bits per heavy atom. The van der Waals surface area contributed by atoms with Gasteiger partial charge in [-0.3, -0.25) is 0 Å². The van der Waals surface area contributed by atoms with Crippen LogP contribution in [0.1, 0.15) is 19.4 Å². The fourth-order valence-corrected chi connectivity index (χ4v) is 1.58. The van der Waals surface area contributed by atoms with Crippen LogP contribution in [0.5, 0.6) is 5.75 Å². The van der Waals surface area contributed by atoms with E-state index in [1.54, 1.807) is 18.2 Å². The molecule has 0 amide bonds. The quantitative estimate of drug-likeness (QED) is 0.743. The normalized spacial score (nSPS) is 14.8. The van der Waals surface area contributed by atoms with Gasteiger partial charge in [0.25, 0.3) is 0 Å². The first kappa shape index (κ1) is 13.3. The lowest BCUT2D eigenvalue weighted by molar-refractivity contribution is 0.207. The molecule has 3 nitrogen and oxygen atoms in total. The molecule has 3 N–H and O–H groups in total. The van der Waals surface area contributed by atoms with Gasteiger partial charge in [0.05, 0.1) is 0 Å². The molecule has 0 aromatic heterocycles. The maximum absolute atomic E-state index is 9.63. The first-order valence-electron chi connectivity index (χ1n) is 5.36. The van der Waals surface area contributed by atoms with Crippen molar-refractivity contribution in [1.29, 1.82) is 0 Å². The molecule has 0 saturated heterocycles. The summed E-state index contributed by atoms with van der Waals surface area (Å²) in [5.74, 6) is 0.369. The summed E-state index contributed by atoms with van der Waals surface area (Å²) in [4.78, 5) is 0. The van der Waals surface area contributed by atoms with Crippen molar-refractivity contribution in [2.45, 2.75) is 26.4 Å². The van der Waals surface area contributed by atoms with E-state index in [2.05, 4.69) is 5.32 Å². The van der Waals surface area contributed by atoms with Crippen molar-refractivity contribution in [3.63, 3.8) is 0 Å². The molecule has 1 aromatic carbocycles. The van der Waals surface area contributed by atoms with Crippen LogP contribution < -0.4 is 5.32 Å². The van der Waals surface area contributed by atoms with Crippen LogP contribution >= 0.6 is 11.6 Å². The van der Waals surface area contributed by atoms with Crippen molar-refractivity contribution in [3.05, 3.63) is 28.8 Å². The summed E-state index contributed by atoms with van der Waals surface area (Å²) in [6.07, 6.45) is 0. The lowest BCUT2D eigenvalue weighted by Crippen LogP contribution is -2.33. The summed E-state index contributed by atoms with van der Waals surface area (Å²) in [7, 11) is 0. The third-order valence-corrected chi connectivity index (χ3v) is 3.19. The average molecular weight is 244 g/mol. The van der Waals surface area contributed by atoms with E-state index >= 15 is 0 Å². The van der Waals surface area contributed by atoms with Gasteiger partial charge in [-0.2, -0.15) is 0 Å². The number of aliphatic hydroxyl groups excluding tert-OH is 1. The summed E-state index contributed by atoms with van der Waals surface area (Å²) < 4.78 is 0. The molecular formula is C12H18ClNO2. The number of aromatic hydroxyl groups is 1. The highest BCUT2D eigenvalue weighted by Gasteiger charge is 2.12. The molecule has 4 heteroatoms. The first-order valence-corrected chi connectivity index (χ1v) is 5.74. The number of benzene rings is 1. The number of hydrogen-bond acceptors (Lipinski definition) is 3. The summed E-state index contributed by atoms with van der Waals surface area (Å²) in [6.45, 7) is 4.60. The molecule has 0 aliphatic heterocycles. The number of hydrogen-bond donors (Lipinski definition) is 3. The molecule has 0 aliphatic rings. The van der Waals surface area contributed by atoms with Gasteiger partial charge in [-0.1, -0.05) is 24.6 Å². The second-order valence-corrected chi connectivity index (χ2v) is 4.47. The Morgan fingerprint density at radius 2 is 2.06 bits per heavy atom. The van der Waals surface area contributed by atoms with E-state index in [0.29, 0.717) is 17.1 Å². The maximum Gasteiger partial charge on any atom is 0.121 e. The zero-order chi connectivity index (χ0) is 12.1. The highest BCUT2D eigenvalue weighted by molar-refractivity contribution is 6.31. The zero-order valence-electron chi connectivity index (χ0n) is 9.57. The van der Waals surface area contributed by atoms with E-state index in [4.69, 9.17) is 16.7 Å². The lowest BCUT2D eigenvalue weighted by atomic mass is 10.0. The van der Waals surface area contributed by atoms with Crippen molar-refractivity contribution in [2.75, 3.05) is 6.61 Å². The molecule has 0 heterocycles.